The van der Waals surface area contributed by atoms with Crippen molar-refractivity contribution in [1.29, 1.82) is 0 Å². The van der Waals surface area contributed by atoms with E-state index in [9.17, 15) is 14.4 Å². The third kappa shape index (κ3) is 4.64. The largest absolute Gasteiger partial charge is 0.450 e. The van der Waals surface area contributed by atoms with Crippen molar-refractivity contribution in [2.24, 2.45) is 0 Å². The maximum absolute atomic E-state index is 12.9. The van der Waals surface area contributed by atoms with Crippen molar-refractivity contribution in [2.75, 3.05) is 12.4 Å². The van der Waals surface area contributed by atoms with E-state index >= 15 is 0 Å². The third-order valence-electron chi connectivity index (χ3n) is 3.84. The number of carbonyl (C=O) groups is 2. The van der Waals surface area contributed by atoms with E-state index in [0.717, 1.165) is 35.0 Å². The average Bonchev–Trinajstić information content (AvgIpc) is 2.87. The van der Waals surface area contributed by atoms with Gasteiger partial charge >= 0.3 is 6.09 Å². The van der Waals surface area contributed by atoms with Crippen LogP contribution < -0.4 is 10.9 Å². The highest BCUT2D eigenvalue weighted by Gasteiger charge is 2.18. The van der Waals surface area contributed by atoms with Crippen molar-refractivity contribution >= 4 is 45.3 Å². The molecule has 0 aliphatic rings. The monoisotopic (exact) mass is 397 g/mol. The lowest BCUT2D eigenvalue weighted by molar-refractivity contribution is -0.117. The number of carbonyl (C=O) groups excluding carboxylic acids is 2. The van der Waals surface area contributed by atoms with Gasteiger partial charge < -0.3 is 4.74 Å². The van der Waals surface area contributed by atoms with Gasteiger partial charge in [-0.15, -0.1) is 11.3 Å². The summed E-state index contributed by atoms with van der Waals surface area (Å²) < 4.78 is 6.32. The molecule has 2 rings (SSSR count). The number of nitrogens with one attached hydrogen (secondary N) is 1. The summed E-state index contributed by atoms with van der Waals surface area (Å²) in [6.07, 6.45) is 1.02. The molecule has 0 aliphatic carbocycles. The second-order valence-corrected chi connectivity index (χ2v) is 7.87. The smallest absolute Gasteiger partial charge is 0.413 e. The van der Waals surface area contributed by atoms with Gasteiger partial charge in [0, 0.05) is 11.4 Å². The summed E-state index contributed by atoms with van der Waals surface area (Å²) in [5.41, 5.74) is 0.892. The van der Waals surface area contributed by atoms with Crippen molar-refractivity contribution in [3.05, 3.63) is 20.8 Å². The molecule has 0 bridgehead atoms. The highest BCUT2D eigenvalue weighted by atomic mass is 32.2. The quantitative estimate of drug-likeness (QED) is 0.570. The molecule has 2 aromatic rings. The van der Waals surface area contributed by atoms with Crippen LogP contribution in [0, 0.1) is 13.8 Å². The first-order valence-electron chi connectivity index (χ1n) is 8.48. The van der Waals surface area contributed by atoms with Crippen LogP contribution in [-0.4, -0.2) is 33.9 Å². The molecule has 0 aliphatic heterocycles. The van der Waals surface area contributed by atoms with Gasteiger partial charge in [0.05, 0.1) is 17.7 Å². The van der Waals surface area contributed by atoms with Crippen molar-refractivity contribution < 1.29 is 14.3 Å². The fraction of sp³-hybridized carbons (Fsp3) is 0.529. The van der Waals surface area contributed by atoms with Crippen LogP contribution in [0.25, 0.3) is 10.2 Å². The number of imide groups is 1. The molecule has 0 saturated carbocycles. The molecule has 0 fully saturated rings. The van der Waals surface area contributed by atoms with Crippen LogP contribution in [0.3, 0.4) is 0 Å². The molecule has 0 saturated heterocycles. The van der Waals surface area contributed by atoms with E-state index in [1.54, 1.807) is 11.5 Å². The summed E-state index contributed by atoms with van der Waals surface area (Å²) in [6, 6.07) is 0. The molecule has 26 heavy (non-hydrogen) atoms. The Morgan fingerprint density at radius 2 is 2.04 bits per heavy atom. The summed E-state index contributed by atoms with van der Waals surface area (Å²) in [5.74, 6) is -0.505. The fourth-order valence-electron chi connectivity index (χ4n) is 2.38. The van der Waals surface area contributed by atoms with Gasteiger partial charge in [0.15, 0.2) is 5.16 Å². The van der Waals surface area contributed by atoms with Gasteiger partial charge in [0.2, 0.25) is 5.91 Å². The molecule has 2 amide bonds. The minimum Gasteiger partial charge on any atom is -0.450 e. The summed E-state index contributed by atoms with van der Waals surface area (Å²) in [5, 5.41) is 3.30. The van der Waals surface area contributed by atoms with Crippen LogP contribution in [0.4, 0.5) is 4.79 Å². The number of nitrogens with zero attached hydrogens (tertiary/aromatic N) is 2. The van der Waals surface area contributed by atoms with Crippen LogP contribution in [-0.2, 0) is 16.1 Å². The van der Waals surface area contributed by atoms with Gasteiger partial charge in [-0.3, -0.25) is 19.5 Å². The Hall–Kier alpha value is -1.87. The lowest BCUT2D eigenvalue weighted by Crippen LogP contribution is -2.32. The molecular formula is C17H23N3O4S2. The molecular weight excluding hydrogens is 374 g/mol. The molecule has 0 atom stereocenters. The first kappa shape index (κ1) is 20.4. The standard InChI is InChI=1S/C17H23N3O4S2/c1-5-7-8-20-15(22)13-10(3)11(4)26-14(13)19-16(20)25-9-12(21)18-17(23)24-6-2/h5-9H2,1-4H3,(H,18,21,23). The molecule has 0 unspecified atom stereocenters. The third-order valence-corrected chi connectivity index (χ3v) is 5.92. The van der Waals surface area contributed by atoms with Crippen molar-refractivity contribution in [1.82, 2.24) is 14.9 Å². The van der Waals surface area contributed by atoms with E-state index in [-0.39, 0.29) is 17.9 Å². The van der Waals surface area contributed by atoms with Gasteiger partial charge in [0.1, 0.15) is 4.83 Å². The fourth-order valence-corrected chi connectivity index (χ4v) is 4.28. The van der Waals surface area contributed by atoms with Crippen molar-refractivity contribution in [2.45, 2.75) is 52.2 Å². The maximum Gasteiger partial charge on any atom is 0.413 e. The topological polar surface area (TPSA) is 90.3 Å². The van der Waals surface area contributed by atoms with Gasteiger partial charge in [-0.1, -0.05) is 25.1 Å². The summed E-state index contributed by atoms with van der Waals surface area (Å²) >= 11 is 2.63. The molecule has 2 aromatic heterocycles. The minimum atomic E-state index is -0.769. The molecule has 142 valence electrons. The number of rotatable bonds is 7. The van der Waals surface area contributed by atoms with Crippen LogP contribution in [0.5, 0.6) is 0 Å². The first-order chi connectivity index (χ1) is 12.4. The molecule has 0 aromatic carbocycles. The zero-order valence-electron chi connectivity index (χ0n) is 15.4. The number of thiophene rings is 1. The van der Waals surface area contributed by atoms with E-state index in [0.29, 0.717) is 21.9 Å². The SMILES string of the molecule is CCCCn1c(SCC(=O)NC(=O)OCC)nc2sc(C)c(C)c2c1=O. The van der Waals surface area contributed by atoms with E-state index in [2.05, 4.69) is 22.0 Å². The second kappa shape index (κ2) is 9.18. The summed E-state index contributed by atoms with van der Waals surface area (Å²) in [4.78, 5) is 42.5. The van der Waals surface area contributed by atoms with E-state index in [1.165, 1.54) is 11.3 Å². The Morgan fingerprint density at radius 1 is 1.31 bits per heavy atom. The molecule has 2 heterocycles. The molecule has 7 nitrogen and oxygen atoms in total. The molecule has 1 N–H and O–H groups in total. The zero-order chi connectivity index (χ0) is 19.3. The summed E-state index contributed by atoms with van der Waals surface area (Å²) in [7, 11) is 0. The number of fused-ring (bicyclic) bond motifs is 1. The number of aryl methyl sites for hydroxylation is 2. The van der Waals surface area contributed by atoms with Crippen LogP contribution >= 0.6 is 23.1 Å². The van der Waals surface area contributed by atoms with Crippen LogP contribution in [0.2, 0.25) is 0 Å². The van der Waals surface area contributed by atoms with Gasteiger partial charge in [-0.25, -0.2) is 9.78 Å². The maximum atomic E-state index is 12.9. The van der Waals surface area contributed by atoms with Gasteiger partial charge in [0.25, 0.3) is 5.56 Å². The lowest BCUT2D eigenvalue weighted by Gasteiger charge is -2.11. The normalized spacial score (nSPS) is 10.9. The van der Waals surface area contributed by atoms with E-state index < -0.39 is 12.0 Å². The number of alkyl carbamates (subject to hydrolysis) is 1. The lowest BCUT2D eigenvalue weighted by atomic mass is 10.2. The number of unbranched alkanes of at least 4 members (excludes halogenated alkanes) is 1. The molecule has 0 spiro atoms. The number of hydrogen-bond donors (Lipinski definition) is 1. The Labute approximate surface area is 160 Å². The first-order valence-corrected chi connectivity index (χ1v) is 10.3. The van der Waals surface area contributed by atoms with Crippen LogP contribution in [0.15, 0.2) is 9.95 Å². The second-order valence-electron chi connectivity index (χ2n) is 5.73. The highest BCUT2D eigenvalue weighted by Crippen LogP contribution is 2.28. The van der Waals surface area contributed by atoms with Gasteiger partial charge in [-0.2, -0.15) is 0 Å². The van der Waals surface area contributed by atoms with E-state index in [4.69, 9.17) is 0 Å². The predicted molar refractivity (Wildman–Crippen MR) is 104 cm³/mol. The number of thioether (sulfide) groups is 1. The summed E-state index contributed by atoms with van der Waals surface area (Å²) in [6.45, 7) is 8.36. The van der Waals surface area contributed by atoms with Crippen LogP contribution in [0.1, 0.15) is 37.1 Å². The molecule has 0 radical (unpaired) electrons. The van der Waals surface area contributed by atoms with Crippen molar-refractivity contribution in [3.63, 3.8) is 0 Å². The number of amides is 2. The van der Waals surface area contributed by atoms with E-state index in [1.807, 2.05) is 13.8 Å². The Kier molecular flexibility index (Phi) is 7.22. The minimum absolute atomic E-state index is 0.0216. The number of hydrogen-bond acceptors (Lipinski definition) is 7. The Balaban J connectivity index is 2.28. The highest BCUT2D eigenvalue weighted by molar-refractivity contribution is 7.99. The predicted octanol–water partition coefficient (Wildman–Crippen LogP) is 3.24. The molecule has 9 heteroatoms. The number of aromatic nitrogens is 2. The van der Waals surface area contributed by atoms with Gasteiger partial charge in [-0.05, 0) is 32.8 Å². The number of ether oxygens (including phenoxy) is 1. The van der Waals surface area contributed by atoms with Crippen molar-refractivity contribution in [3.8, 4) is 0 Å². The zero-order valence-corrected chi connectivity index (χ0v) is 17.0. The average molecular weight is 398 g/mol. The Morgan fingerprint density at radius 3 is 2.69 bits per heavy atom. The Bertz CT molecular complexity index is 873.